The molecule has 1 aliphatic heterocycles. The third-order valence-electron chi connectivity index (χ3n) is 5.12. The first-order chi connectivity index (χ1) is 13.8. The molecule has 1 heterocycles. The maximum atomic E-state index is 12.8. The molecule has 0 aromatic heterocycles. The zero-order chi connectivity index (χ0) is 21.1. The van der Waals surface area contributed by atoms with Gasteiger partial charge in [0.2, 0.25) is 17.7 Å². The first kappa shape index (κ1) is 21.0. The minimum atomic E-state index is -0.454. The van der Waals surface area contributed by atoms with Crippen molar-refractivity contribution < 1.29 is 14.4 Å². The van der Waals surface area contributed by atoms with Crippen LogP contribution in [0.4, 0.5) is 11.4 Å². The van der Waals surface area contributed by atoms with Crippen LogP contribution in [-0.2, 0) is 14.4 Å². The molecule has 0 saturated carbocycles. The van der Waals surface area contributed by atoms with Gasteiger partial charge < -0.3 is 15.1 Å². The summed E-state index contributed by atoms with van der Waals surface area (Å²) < 4.78 is 0.926. The van der Waals surface area contributed by atoms with Crippen molar-refractivity contribution in [1.29, 1.82) is 0 Å². The molecule has 2 aromatic carbocycles. The Morgan fingerprint density at radius 3 is 2.38 bits per heavy atom. The Labute approximate surface area is 179 Å². The molecule has 152 valence electrons. The summed E-state index contributed by atoms with van der Waals surface area (Å²) in [5.74, 6) is -0.995. The van der Waals surface area contributed by atoms with Gasteiger partial charge in [-0.05, 0) is 49.2 Å². The third-order valence-corrected chi connectivity index (χ3v) is 5.64. The molecule has 0 aliphatic carbocycles. The number of rotatable bonds is 5. The lowest BCUT2D eigenvalue weighted by Crippen LogP contribution is -2.39. The zero-order valence-electron chi connectivity index (χ0n) is 16.7. The number of likely N-dealkylation sites (N-methyl/N-ethyl adjacent to an activating group) is 1. The van der Waals surface area contributed by atoms with Gasteiger partial charge in [0.25, 0.3) is 0 Å². The van der Waals surface area contributed by atoms with Crippen molar-refractivity contribution in [3.8, 4) is 0 Å². The first-order valence-corrected chi connectivity index (χ1v) is 10.2. The van der Waals surface area contributed by atoms with Crippen molar-refractivity contribution >= 4 is 45.0 Å². The van der Waals surface area contributed by atoms with Gasteiger partial charge in [-0.15, -0.1) is 0 Å². The maximum absolute atomic E-state index is 12.8. The van der Waals surface area contributed by atoms with Crippen LogP contribution in [0.1, 0.15) is 17.5 Å². The maximum Gasteiger partial charge on any atom is 0.243 e. The van der Waals surface area contributed by atoms with Gasteiger partial charge in [-0.25, -0.2) is 0 Å². The van der Waals surface area contributed by atoms with E-state index in [-0.39, 0.29) is 30.7 Å². The van der Waals surface area contributed by atoms with Gasteiger partial charge in [0.1, 0.15) is 0 Å². The highest BCUT2D eigenvalue weighted by atomic mass is 79.9. The quantitative estimate of drug-likeness (QED) is 0.746. The molecule has 1 saturated heterocycles. The minimum Gasteiger partial charge on any atom is -0.336 e. The van der Waals surface area contributed by atoms with E-state index in [9.17, 15) is 14.4 Å². The molecule has 1 atom stereocenters. The SMILES string of the molecule is Cc1cccc(C)c1NC(=O)CN(C)C(=O)C1CC(=O)N(c2ccc(Br)cc2)C1. The van der Waals surface area contributed by atoms with Gasteiger partial charge in [0, 0.05) is 35.9 Å². The Morgan fingerprint density at radius 1 is 1.14 bits per heavy atom. The van der Waals surface area contributed by atoms with Crippen molar-refractivity contribution in [2.24, 2.45) is 5.92 Å². The van der Waals surface area contributed by atoms with Crippen molar-refractivity contribution in [3.05, 3.63) is 58.1 Å². The standard InChI is InChI=1S/C22H24BrN3O3/c1-14-5-4-6-15(2)21(14)24-19(27)13-25(3)22(29)16-11-20(28)26(12-16)18-9-7-17(23)8-10-18/h4-10,16H,11-13H2,1-3H3,(H,24,27). The predicted molar refractivity (Wildman–Crippen MR) is 117 cm³/mol. The molecule has 3 rings (SSSR count). The molecule has 7 heteroatoms. The topological polar surface area (TPSA) is 69.7 Å². The number of aryl methyl sites for hydroxylation is 2. The Morgan fingerprint density at radius 2 is 1.76 bits per heavy atom. The molecular weight excluding hydrogens is 434 g/mol. The number of amides is 3. The van der Waals surface area contributed by atoms with Crippen LogP contribution in [0.3, 0.4) is 0 Å². The summed E-state index contributed by atoms with van der Waals surface area (Å²) >= 11 is 3.38. The Balaban J connectivity index is 1.60. The smallest absolute Gasteiger partial charge is 0.243 e. The van der Waals surface area contributed by atoms with Crippen molar-refractivity contribution in [2.75, 3.05) is 30.4 Å². The van der Waals surface area contributed by atoms with E-state index in [2.05, 4.69) is 21.2 Å². The number of hydrogen-bond acceptors (Lipinski definition) is 3. The van der Waals surface area contributed by atoms with E-state index >= 15 is 0 Å². The van der Waals surface area contributed by atoms with E-state index in [4.69, 9.17) is 0 Å². The molecule has 6 nitrogen and oxygen atoms in total. The molecule has 1 fully saturated rings. The third kappa shape index (κ3) is 4.85. The normalized spacial score (nSPS) is 16.1. The first-order valence-electron chi connectivity index (χ1n) is 9.43. The van der Waals surface area contributed by atoms with Gasteiger partial charge >= 0.3 is 0 Å². The lowest BCUT2D eigenvalue weighted by atomic mass is 10.1. The van der Waals surface area contributed by atoms with E-state index in [0.29, 0.717) is 6.54 Å². The fraction of sp³-hybridized carbons (Fsp3) is 0.318. The number of hydrogen-bond donors (Lipinski definition) is 1. The second-order valence-corrected chi connectivity index (χ2v) is 8.31. The molecular formula is C22H24BrN3O3. The summed E-state index contributed by atoms with van der Waals surface area (Å²) in [5, 5.41) is 2.89. The fourth-order valence-electron chi connectivity index (χ4n) is 3.54. The van der Waals surface area contributed by atoms with Crippen LogP contribution < -0.4 is 10.2 Å². The number of anilines is 2. The van der Waals surface area contributed by atoms with Crippen LogP contribution in [-0.4, -0.2) is 42.8 Å². The molecule has 2 aromatic rings. The number of carbonyl (C=O) groups excluding carboxylic acids is 3. The van der Waals surface area contributed by atoms with Crippen molar-refractivity contribution in [2.45, 2.75) is 20.3 Å². The minimum absolute atomic E-state index is 0.0599. The number of benzene rings is 2. The second-order valence-electron chi connectivity index (χ2n) is 7.39. The van der Waals surface area contributed by atoms with Gasteiger partial charge in [-0.3, -0.25) is 14.4 Å². The Hall–Kier alpha value is -2.67. The lowest BCUT2D eigenvalue weighted by molar-refractivity contribution is -0.137. The van der Waals surface area contributed by atoms with Gasteiger partial charge in [-0.1, -0.05) is 34.1 Å². The molecule has 3 amide bonds. The van der Waals surface area contributed by atoms with E-state index in [1.54, 1.807) is 11.9 Å². The largest absolute Gasteiger partial charge is 0.336 e. The Kier molecular flexibility index (Phi) is 6.37. The number of para-hydroxylation sites is 1. The molecule has 1 aliphatic rings. The van der Waals surface area contributed by atoms with Gasteiger partial charge in [0.15, 0.2) is 0 Å². The van der Waals surface area contributed by atoms with E-state index in [1.807, 2.05) is 56.3 Å². The summed E-state index contributed by atoms with van der Waals surface area (Å²) in [6, 6.07) is 13.2. The number of nitrogens with one attached hydrogen (secondary N) is 1. The van der Waals surface area contributed by atoms with Crippen LogP contribution in [0.25, 0.3) is 0 Å². The summed E-state index contributed by atoms with van der Waals surface area (Å²) in [6.45, 7) is 4.12. The molecule has 0 bridgehead atoms. The van der Waals surface area contributed by atoms with Crippen LogP contribution in [0.15, 0.2) is 46.9 Å². The number of nitrogens with zero attached hydrogens (tertiary/aromatic N) is 2. The molecule has 1 N–H and O–H groups in total. The van der Waals surface area contributed by atoms with E-state index < -0.39 is 5.92 Å². The fourth-order valence-corrected chi connectivity index (χ4v) is 3.80. The van der Waals surface area contributed by atoms with Crippen LogP contribution in [0.2, 0.25) is 0 Å². The van der Waals surface area contributed by atoms with Crippen LogP contribution in [0, 0.1) is 19.8 Å². The highest BCUT2D eigenvalue weighted by molar-refractivity contribution is 9.10. The second kappa shape index (κ2) is 8.78. The van der Waals surface area contributed by atoms with Crippen molar-refractivity contribution in [3.63, 3.8) is 0 Å². The number of carbonyl (C=O) groups is 3. The highest BCUT2D eigenvalue weighted by Crippen LogP contribution is 2.27. The van der Waals surface area contributed by atoms with Gasteiger partial charge in [0.05, 0.1) is 12.5 Å². The molecule has 1 unspecified atom stereocenters. The Bertz CT molecular complexity index is 923. The average molecular weight is 458 g/mol. The zero-order valence-corrected chi connectivity index (χ0v) is 18.3. The number of halogens is 1. The van der Waals surface area contributed by atoms with E-state index in [1.165, 1.54) is 4.90 Å². The highest BCUT2D eigenvalue weighted by Gasteiger charge is 2.36. The molecule has 0 radical (unpaired) electrons. The monoisotopic (exact) mass is 457 g/mol. The average Bonchev–Trinajstić information content (AvgIpc) is 3.06. The van der Waals surface area contributed by atoms with Crippen molar-refractivity contribution in [1.82, 2.24) is 4.90 Å². The van der Waals surface area contributed by atoms with Crippen LogP contribution in [0.5, 0.6) is 0 Å². The predicted octanol–water partition coefficient (Wildman–Crippen LogP) is 3.52. The summed E-state index contributed by atoms with van der Waals surface area (Å²) in [5.41, 5.74) is 3.48. The summed E-state index contributed by atoms with van der Waals surface area (Å²) in [6.07, 6.45) is 0.151. The van der Waals surface area contributed by atoms with E-state index in [0.717, 1.165) is 27.0 Å². The molecule has 0 spiro atoms. The van der Waals surface area contributed by atoms with Crippen LogP contribution >= 0.6 is 15.9 Å². The summed E-state index contributed by atoms with van der Waals surface area (Å²) in [4.78, 5) is 40.7. The molecule has 29 heavy (non-hydrogen) atoms. The lowest BCUT2D eigenvalue weighted by Gasteiger charge is -2.21. The van der Waals surface area contributed by atoms with Gasteiger partial charge in [-0.2, -0.15) is 0 Å². The summed E-state index contributed by atoms with van der Waals surface area (Å²) in [7, 11) is 1.60.